The number of para-hydroxylation sites is 3. The van der Waals surface area contributed by atoms with Crippen molar-refractivity contribution in [3.05, 3.63) is 231 Å². The van der Waals surface area contributed by atoms with Gasteiger partial charge in [-0.2, -0.15) is 0 Å². The van der Waals surface area contributed by atoms with E-state index in [0.29, 0.717) is 0 Å². The first-order valence-electron chi connectivity index (χ1n) is 20.8. The Balaban J connectivity index is 0.936. The van der Waals surface area contributed by atoms with E-state index in [-0.39, 0.29) is 0 Å². The Morgan fingerprint density at radius 2 is 0.918 bits per heavy atom. The molecule has 0 aliphatic carbocycles. The van der Waals surface area contributed by atoms with E-state index >= 15 is 0 Å². The summed E-state index contributed by atoms with van der Waals surface area (Å²) in [6, 6.07) is 84.2. The predicted molar refractivity (Wildman–Crippen MR) is 262 cm³/mol. The van der Waals surface area contributed by atoms with Gasteiger partial charge in [-0.15, -0.1) is 11.3 Å². The van der Waals surface area contributed by atoms with Gasteiger partial charge in [-0.05, 0) is 105 Å². The number of hydrogen-bond donors (Lipinski definition) is 0. The van der Waals surface area contributed by atoms with Crippen molar-refractivity contribution in [2.24, 2.45) is 0 Å². The second kappa shape index (κ2) is 14.5. The van der Waals surface area contributed by atoms with E-state index in [4.69, 9.17) is 0 Å². The number of hydrogen-bond acceptors (Lipinski definition) is 2. The maximum absolute atomic E-state index is 2.44. The van der Waals surface area contributed by atoms with Crippen molar-refractivity contribution in [1.29, 1.82) is 0 Å². The molecule has 2 heterocycles. The zero-order chi connectivity index (χ0) is 40.3. The molecule has 286 valence electrons. The molecule has 0 saturated heterocycles. The van der Waals surface area contributed by atoms with Gasteiger partial charge >= 0.3 is 0 Å². The van der Waals surface area contributed by atoms with Gasteiger partial charge in [-0.3, -0.25) is 0 Å². The highest BCUT2D eigenvalue weighted by molar-refractivity contribution is 7.26. The van der Waals surface area contributed by atoms with Gasteiger partial charge in [0.25, 0.3) is 0 Å². The molecule has 0 amide bonds. The van der Waals surface area contributed by atoms with Crippen LogP contribution in [0.15, 0.2) is 231 Å². The summed E-state index contributed by atoms with van der Waals surface area (Å²) >= 11 is 1.86. The lowest BCUT2D eigenvalue weighted by Crippen LogP contribution is -2.10. The third kappa shape index (κ3) is 6.01. The molecule has 0 aliphatic rings. The van der Waals surface area contributed by atoms with Crippen LogP contribution in [0.4, 0.5) is 17.1 Å². The number of benzene rings is 10. The fourth-order valence-electron chi connectivity index (χ4n) is 9.30. The first-order valence-corrected chi connectivity index (χ1v) is 21.6. The molecule has 0 bridgehead atoms. The average Bonchev–Trinajstić information content (AvgIpc) is 3.88. The van der Waals surface area contributed by atoms with Crippen molar-refractivity contribution in [1.82, 2.24) is 4.57 Å². The van der Waals surface area contributed by atoms with Crippen molar-refractivity contribution >= 4 is 81.1 Å². The molecule has 2 aromatic heterocycles. The zero-order valence-electron chi connectivity index (χ0n) is 33.2. The fourth-order valence-corrected chi connectivity index (χ4v) is 10.4. The Kier molecular flexibility index (Phi) is 8.39. The van der Waals surface area contributed by atoms with E-state index in [1.165, 1.54) is 97.5 Å². The summed E-state index contributed by atoms with van der Waals surface area (Å²) in [4.78, 5) is 2.44. The Bertz CT molecular complexity index is 3540. The zero-order valence-corrected chi connectivity index (χ0v) is 34.1. The van der Waals surface area contributed by atoms with Crippen LogP contribution in [0, 0.1) is 0 Å². The summed E-state index contributed by atoms with van der Waals surface area (Å²) in [6.45, 7) is 0. The summed E-state index contributed by atoms with van der Waals surface area (Å²) in [5.41, 5.74) is 14.1. The maximum atomic E-state index is 2.44. The van der Waals surface area contributed by atoms with Crippen LogP contribution in [0.5, 0.6) is 0 Å². The van der Waals surface area contributed by atoms with Crippen LogP contribution in [0.25, 0.3) is 91.8 Å². The summed E-state index contributed by atoms with van der Waals surface area (Å²) in [6.07, 6.45) is 0. The van der Waals surface area contributed by atoms with Crippen molar-refractivity contribution in [2.75, 3.05) is 4.90 Å². The number of nitrogens with zero attached hydrogens (tertiary/aromatic N) is 2. The summed E-state index contributed by atoms with van der Waals surface area (Å²) in [5.74, 6) is 0. The molecule has 0 spiro atoms. The monoisotopic (exact) mass is 794 g/mol. The molecule has 0 fully saturated rings. The standard InChI is InChI=1S/C58H38N2S/c1-2-14-43-37-45(32-29-39(43)13-1)44-15-11-16-47(38-44)59(55-24-12-26-57-58(55)51-20-6-10-25-56(51)61-57)46-35-33-41(34-36-46)40-27-30-42(31-28-40)48-17-3-7-21-52(48)60-53-22-8-4-18-49(53)50-19-5-9-23-54(50)60/h1-38H. The number of rotatable bonds is 7. The molecule has 0 radical (unpaired) electrons. The Morgan fingerprint density at radius 3 is 1.70 bits per heavy atom. The Hall–Kier alpha value is -7.72. The molecule has 0 aliphatic heterocycles. The van der Waals surface area contributed by atoms with Crippen LogP contribution in [0.2, 0.25) is 0 Å². The molecular formula is C58H38N2S. The van der Waals surface area contributed by atoms with Crippen LogP contribution in [0.3, 0.4) is 0 Å². The number of fused-ring (bicyclic) bond motifs is 7. The number of anilines is 3. The van der Waals surface area contributed by atoms with E-state index in [9.17, 15) is 0 Å². The molecule has 12 rings (SSSR count). The molecule has 2 nitrogen and oxygen atoms in total. The van der Waals surface area contributed by atoms with E-state index in [2.05, 4.69) is 240 Å². The van der Waals surface area contributed by atoms with E-state index in [1.807, 2.05) is 11.3 Å². The SMILES string of the molecule is c1cc(-c2ccc3ccccc3c2)cc(N(c2ccc(-c3ccc(-c4ccccc4-n4c5ccccc5c5ccccc54)cc3)cc2)c2cccc3sc4ccccc4c23)c1. The molecule has 0 atom stereocenters. The lowest BCUT2D eigenvalue weighted by Gasteiger charge is -2.27. The van der Waals surface area contributed by atoms with Crippen molar-refractivity contribution in [3.8, 4) is 39.1 Å². The Morgan fingerprint density at radius 1 is 0.344 bits per heavy atom. The second-order valence-electron chi connectivity index (χ2n) is 15.7. The minimum absolute atomic E-state index is 1.11. The number of aromatic nitrogens is 1. The second-order valence-corrected chi connectivity index (χ2v) is 16.8. The predicted octanol–water partition coefficient (Wildman–Crippen LogP) is 16.8. The van der Waals surface area contributed by atoms with Crippen LogP contribution >= 0.6 is 11.3 Å². The molecule has 12 aromatic rings. The van der Waals surface area contributed by atoms with E-state index < -0.39 is 0 Å². The topological polar surface area (TPSA) is 8.17 Å². The van der Waals surface area contributed by atoms with Crippen LogP contribution in [0.1, 0.15) is 0 Å². The number of thiophene rings is 1. The summed E-state index contributed by atoms with van der Waals surface area (Å²) < 4.78 is 4.99. The van der Waals surface area contributed by atoms with E-state index in [0.717, 1.165) is 11.4 Å². The molecule has 61 heavy (non-hydrogen) atoms. The smallest absolute Gasteiger partial charge is 0.0554 e. The molecule has 10 aromatic carbocycles. The lowest BCUT2D eigenvalue weighted by molar-refractivity contribution is 1.18. The molecule has 0 saturated carbocycles. The minimum Gasteiger partial charge on any atom is -0.310 e. The molecule has 0 unspecified atom stereocenters. The lowest BCUT2D eigenvalue weighted by atomic mass is 9.98. The van der Waals surface area contributed by atoms with Gasteiger partial charge in [0.05, 0.1) is 22.4 Å². The summed E-state index contributed by atoms with van der Waals surface area (Å²) in [7, 11) is 0. The van der Waals surface area contributed by atoms with Gasteiger partial charge in [0.2, 0.25) is 0 Å². The van der Waals surface area contributed by atoms with Gasteiger partial charge in [-0.1, -0.05) is 164 Å². The largest absolute Gasteiger partial charge is 0.310 e. The first-order chi connectivity index (χ1) is 30.2. The highest BCUT2D eigenvalue weighted by Crippen LogP contribution is 2.46. The average molecular weight is 795 g/mol. The molecular weight excluding hydrogens is 757 g/mol. The van der Waals surface area contributed by atoms with Gasteiger partial charge in [-0.25, -0.2) is 0 Å². The third-order valence-corrected chi connectivity index (χ3v) is 13.3. The highest BCUT2D eigenvalue weighted by Gasteiger charge is 2.20. The normalized spacial score (nSPS) is 11.6. The van der Waals surface area contributed by atoms with Crippen LogP contribution < -0.4 is 4.90 Å². The highest BCUT2D eigenvalue weighted by atomic mass is 32.1. The Labute approximate surface area is 358 Å². The van der Waals surface area contributed by atoms with Crippen molar-refractivity contribution < 1.29 is 0 Å². The fraction of sp³-hybridized carbons (Fsp3) is 0. The van der Waals surface area contributed by atoms with Gasteiger partial charge in [0.15, 0.2) is 0 Å². The molecule has 3 heteroatoms. The molecule has 0 N–H and O–H groups in total. The van der Waals surface area contributed by atoms with Crippen LogP contribution in [-0.2, 0) is 0 Å². The third-order valence-electron chi connectivity index (χ3n) is 12.2. The summed E-state index contributed by atoms with van der Waals surface area (Å²) in [5, 5.41) is 7.59. The minimum atomic E-state index is 1.11. The van der Waals surface area contributed by atoms with Crippen molar-refractivity contribution in [2.45, 2.75) is 0 Å². The first kappa shape index (κ1) is 35.2. The van der Waals surface area contributed by atoms with Crippen LogP contribution in [-0.4, -0.2) is 4.57 Å². The van der Waals surface area contributed by atoms with Gasteiger partial charge < -0.3 is 9.47 Å². The van der Waals surface area contributed by atoms with E-state index in [1.54, 1.807) is 0 Å². The maximum Gasteiger partial charge on any atom is 0.0554 e. The van der Waals surface area contributed by atoms with Gasteiger partial charge in [0.1, 0.15) is 0 Å². The van der Waals surface area contributed by atoms with Gasteiger partial charge in [0, 0.05) is 47.9 Å². The van der Waals surface area contributed by atoms with Crippen molar-refractivity contribution in [3.63, 3.8) is 0 Å². The quantitative estimate of drug-likeness (QED) is 0.156.